The van der Waals surface area contributed by atoms with Gasteiger partial charge in [-0.2, -0.15) is 4.98 Å². The van der Waals surface area contributed by atoms with E-state index in [2.05, 4.69) is 20.4 Å². The van der Waals surface area contributed by atoms with Crippen LogP contribution in [0.3, 0.4) is 0 Å². The molecule has 1 atom stereocenters. The van der Waals surface area contributed by atoms with E-state index < -0.39 is 0 Å². The van der Waals surface area contributed by atoms with Crippen LogP contribution in [0.15, 0.2) is 9.90 Å². The lowest BCUT2D eigenvalue weighted by atomic mass is 10.00. The molecule has 2 aromatic heterocycles. The fourth-order valence-corrected chi connectivity index (χ4v) is 2.96. The average molecular weight is 264 g/mol. The molecule has 0 aliphatic carbocycles. The zero-order chi connectivity index (χ0) is 12.4. The molecular formula is C12H16N4OS. The number of aryl methyl sites for hydroxylation is 1. The van der Waals surface area contributed by atoms with Crippen LogP contribution in [-0.2, 0) is 6.42 Å². The van der Waals surface area contributed by atoms with Crippen molar-refractivity contribution >= 4 is 11.3 Å². The molecule has 6 heteroatoms. The van der Waals surface area contributed by atoms with Crippen molar-refractivity contribution in [2.45, 2.75) is 32.1 Å². The summed E-state index contributed by atoms with van der Waals surface area (Å²) in [5.74, 6) is 1.88. The molecule has 0 amide bonds. The molecule has 0 radical (unpaired) electrons. The highest BCUT2D eigenvalue weighted by molar-refractivity contribution is 7.09. The first-order valence-electron chi connectivity index (χ1n) is 6.25. The van der Waals surface area contributed by atoms with Crippen LogP contribution in [0, 0.1) is 6.92 Å². The number of rotatable bonds is 3. The van der Waals surface area contributed by atoms with Crippen molar-refractivity contribution in [2.24, 2.45) is 0 Å². The molecule has 0 saturated carbocycles. The maximum Gasteiger partial charge on any atom is 0.231 e. The van der Waals surface area contributed by atoms with Crippen molar-refractivity contribution in [2.75, 3.05) is 13.1 Å². The highest BCUT2D eigenvalue weighted by atomic mass is 32.1. The number of piperidine rings is 1. The Morgan fingerprint density at radius 2 is 2.44 bits per heavy atom. The summed E-state index contributed by atoms with van der Waals surface area (Å²) in [6.45, 7) is 4.03. The van der Waals surface area contributed by atoms with E-state index >= 15 is 0 Å². The Hall–Kier alpha value is -1.27. The van der Waals surface area contributed by atoms with Crippen LogP contribution in [0.5, 0.6) is 0 Å². The van der Waals surface area contributed by atoms with Crippen LogP contribution in [-0.4, -0.2) is 28.2 Å². The molecule has 0 spiro atoms. The molecule has 96 valence electrons. The monoisotopic (exact) mass is 264 g/mol. The molecule has 18 heavy (non-hydrogen) atoms. The normalized spacial score (nSPS) is 20.2. The largest absolute Gasteiger partial charge is 0.339 e. The number of nitrogens with zero attached hydrogens (tertiary/aromatic N) is 3. The number of hydrogen-bond donors (Lipinski definition) is 1. The minimum atomic E-state index is 0.373. The van der Waals surface area contributed by atoms with E-state index in [9.17, 15) is 0 Å². The van der Waals surface area contributed by atoms with Crippen molar-refractivity contribution < 1.29 is 4.52 Å². The van der Waals surface area contributed by atoms with E-state index in [-0.39, 0.29) is 0 Å². The Balaban J connectivity index is 1.69. The van der Waals surface area contributed by atoms with Gasteiger partial charge in [-0.25, -0.2) is 4.98 Å². The summed E-state index contributed by atoms with van der Waals surface area (Å²) >= 11 is 1.64. The number of aromatic nitrogens is 3. The van der Waals surface area contributed by atoms with Crippen LogP contribution in [0.4, 0.5) is 0 Å². The van der Waals surface area contributed by atoms with Crippen molar-refractivity contribution in [3.05, 3.63) is 27.8 Å². The summed E-state index contributed by atoms with van der Waals surface area (Å²) < 4.78 is 5.36. The molecule has 0 bridgehead atoms. The van der Waals surface area contributed by atoms with Gasteiger partial charge in [-0.15, -0.1) is 11.3 Å². The third kappa shape index (κ3) is 2.59. The van der Waals surface area contributed by atoms with Gasteiger partial charge in [0.2, 0.25) is 5.89 Å². The minimum absolute atomic E-state index is 0.373. The summed E-state index contributed by atoms with van der Waals surface area (Å²) in [6, 6.07) is 0. The lowest BCUT2D eigenvalue weighted by Crippen LogP contribution is -2.28. The summed E-state index contributed by atoms with van der Waals surface area (Å²) in [4.78, 5) is 8.90. The van der Waals surface area contributed by atoms with Gasteiger partial charge < -0.3 is 9.84 Å². The Bertz CT molecular complexity index is 516. The minimum Gasteiger partial charge on any atom is -0.339 e. The quantitative estimate of drug-likeness (QED) is 0.917. The number of hydrogen-bond acceptors (Lipinski definition) is 6. The van der Waals surface area contributed by atoms with Gasteiger partial charge in [-0.1, -0.05) is 5.16 Å². The summed E-state index contributed by atoms with van der Waals surface area (Å²) in [6.07, 6.45) is 2.97. The molecular weight excluding hydrogens is 248 g/mol. The second-order valence-corrected chi connectivity index (χ2v) is 5.59. The molecule has 1 aliphatic heterocycles. The Kier molecular flexibility index (Phi) is 3.38. The van der Waals surface area contributed by atoms with Gasteiger partial charge in [-0.3, -0.25) is 0 Å². The summed E-state index contributed by atoms with van der Waals surface area (Å²) in [5.41, 5.74) is 1.05. The molecule has 1 aliphatic rings. The standard InChI is InChI=1S/C12H16N4OS/c1-8-7-18-11(14-8)5-10-15-12(17-16-10)9-3-2-4-13-6-9/h7,9,13H,2-6H2,1H3/t9-/m0/s1. The Labute approximate surface area is 110 Å². The van der Waals surface area contributed by atoms with Crippen LogP contribution in [0.2, 0.25) is 0 Å². The van der Waals surface area contributed by atoms with Crippen molar-refractivity contribution in [3.63, 3.8) is 0 Å². The van der Waals surface area contributed by atoms with Gasteiger partial charge in [0.05, 0.1) is 12.3 Å². The molecule has 3 rings (SSSR count). The maximum atomic E-state index is 5.36. The molecule has 1 saturated heterocycles. The zero-order valence-corrected chi connectivity index (χ0v) is 11.2. The van der Waals surface area contributed by atoms with Gasteiger partial charge in [0.25, 0.3) is 0 Å². The molecule has 3 heterocycles. The van der Waals surface area contributed by atoms with Crippen LogP contribution < -0.4 is 5.32 Å². The van der Waals surface area contributed by atoms with Crippen LogP contribution in [0.1, 0.15) is 41.2 Å². The van der Waals surface area contributed by atoms with Gasteiger partial charge in [0.1, 0.15) is 5.01 Å². The highest BCUT2D eigenvalue weighted by Gasteiger charge is 2.21. The fourth-order valence-electron chi connectivity index (χ4n) is 2.19. The lowest BCUT2D eigenvalue weighted by Gasteiger charge is -2.18. The van der Waals surface area contributed by atoms with E-state index in [0.29, 0.717) is 12.3 Å². The second kappa shape index (κ2) is 5.16. The van der Waals surface area contributed by atoms with Gasteiger partial charge in [-0.05, 0) is 26.3 Å². The Morgan fingerprint density at radius 1 is 1.50 bits per heavy atom. The van der Waals surface area contributed by atoms with E-state index in [1.165, 1.54) is 6.42 Å². The topological polar surface area (TPSA) is 63.8 Å². The van der Waals surface area contributed by atoms with E-state index in [4.69, 9.17) is 4.52 Å². The average Bonchev–Trinajstić information content (AvgIpc) is 3.01. The number of thiazole rings is 1. The molecule has 5 nitrogen and oxygen atoms in total. The van der Waals surface area contributed by atoms with Crippen molar-refractivity contribution in [3.8, 4) is 0 Å². The van der Waals surface area contributed by atoms with Crippen molar-refractivity contribution in [1.29, 1.82) is 0 Å². The fraction of sp³-hybridized carbons (Fsp3) is 0.583. The third-order valence-corrected chi connectivity index (χ3v) is 4.07. The van der Waals surface area contributed by atoms with Gasteiger partial charge in [0.15, 0.2) is 5.82 Å². The SMILES string of the molecule is Cc1csc(Cc2noc([C@H]3CCCNC3)n2)n1. The van der Waals surface area contributed by atoms with Gasteiger partial charge in [0, 0.05) is 17.6 Å². The molecule has 1 fully saturated rings. The molecule has 0 unspecified atom stereocenters. The predicted molar refractivity (Wildman–Crippen MR) is 68.8 cm³/mol. The summed E-state index contributed by atoms with van der Waals surface area (Å²) in [7, 11) is 0. The third-order valence-electron chi connectivity index (χ3n) is 3.11. The predicted octanol–water partition coefficient (Wildman–Crippen LogP) is 1.89. The van der Waals surface area contributed by atoms with E-state index in [1.807, 2.05) is 12.3 Å². The van der Waals surface area contributed by atoms with Crippen LogP contribution >= 0.6 is 11.3 Å². The second-order valence-electron chi connectivity index (χ2n) is 4.65. The smallest absolute Gasteiger partial charge is 0.231 e. The molecule has 0 aromatic carbocycles. The maximum absolute atomic E-state index is 5.36. The highest BCUT2D eigenvalue weighted by Crippen LogP contribution is 2.22. The lowest BCUT2D eigenvalue weighted by molar-refractivity contribution is 0.320. The summed E-state index contributed by atoms with van der Waals surface area (Å²) in [5, 5.41) is 10.5. The van der Waals surface area contributed by atoms with Crippen LogP contribution in [0.25, 0.3) is 0 Å². The van der Waals surface area contributed by atoms with E-state index in [1.54, 1.807) is 11.3 Å². The Morgan fingerprint density at radius 3 is 3.17 bits per heavy atom. The van der Waals surface area contributed by atoms with Crippen molar-refractivity contribution in [1.82, 2.24) is 20.4 Å². The molecule has 1 N–H and O–H groups in total. The first-order valence-corrected chi connectivity index (χ1v) is 7.13. The van der Waals surface area contributed by atoms with E-state index in [0.717, 1.165) is 41.9 Å². The van der Waals surface area contributed by atoms with Gasteiger partial charge >= 0.3 is 0 Å². The first kappa shape index (κ1) is 11.8. The molecule has 2 aromatic rings. The number of nitrogens with one attached hydrogen (secondary N) is 1. The first-order chi connectivity index (χ1) is 8.81. The zero-order valence-electron chi connectivity index (χ0n) is 10.3.